The van der Waals surface area contributed by atoms with Gasteiger partial charge < -0.3 is 10.2 Å². The zero-order valence-corrected chi connectivity index (χ0v) is 11.6. The van der Waals surface area contributed by atoms with E-state index in [0.717, 1.165) is 30.3 Å². The highest BCUT2D eigenvalue weighted by Crippen LogP contribution is 2.08. The second-order valence-corrected chi connectivity index (χ2v) is 4.88. The van der Waals surface area contributed by atoms with Crippen molar-refractivity contribution in [2.75, 3.05) is 26.2 Å². The molecule has 0 saturated heterocycles. The van der Waals surface area contributed by atoms with Gasteiger partial charge >= 0.3 is 0 Å². The van der Waals surface area contributed by atoms with Crippen LogP contribution in [-0.2, 0) is 11.2 Å². The molecular formula is C12H21N3OS. The molecule has 0 saturated carbocycles. The van der Waals surface area contributed by atoms with Gasteiger partial charge in [-0.3, -0.25) is 4.79 Å². The van der Waals surface area contributed by atoms with Gasteiger partial charge in [-0.15, -0.1) is 11.3 Å². The van der Waals surface area contributed by atoms with Gasteiger partial charge in [0.1, 0.15) is 5.01 Å². The van der Waals surface area contributed by atoms with Crippen LogP contribution in [-0.4, -0.2) is 42.0 Å². The van der Waals surface area contributed by atoms with Gasteiger partial charge in [0.05, 0.1) is 6.42 Å². The third-order valence-electron chi connectivity index (χ3n) is 2.62. The fourth-order valence-corrected chi connectivity index (χ4v) is 2.35. The van der Waals surface area contributed by atoms with E-state index in [1.807, 2.05) is 12.3 Å². The third-order valence-corrected chi connectivity index (χ3v) is 3.59. The average Bonchev–Trinajstić information content (AvgIpc) is 2.70. The standard InChI is InChI=1S/C12H21N3OS/c1-4-15(5-2)7-6-13-11(16)8-12-14-10(3)9-17-12/h9H,4-8H2,1-3H3,(H,13,16). The number of carbonyl (C=O) groups is 1. The summed E-state index contributed by atoms with van der Waals surface area (Å²) >= 11 is 1.54. The molecule has 1 aromatic rings. The monoisotopic (exact) mass is 255 g/mol. The molecule has 1 rings (SSSR count). The van der Waals surface area contributed by atoms with Crippen molar-refractivity contribution < 1.29 is 4.79 Å². The molecule has 0 radical (unpaired) electrons. The maximum absolute atomic E-state index is 11.6. The summed E-state index contributed by atoms with van der Waals surface area (Å²) in [5.74, 6) is 0.0616. The zero-order valence-electron chi connectivity index (χ0n) is 10.8. The highest BCUT2D eigenvalue weighted by molar-refractivity contribution is 7.09. The van der Waals surface area contributed by atoms with Crippen molar-refractivity contribution in [1.29, 1.82) is 0 Å². The summed E-state index contributed by atoms with van der Waals surface area (Å²) in [6.45, 7) is 9.88. The van der Waals surface area contributed by atoms with Crippen molar-refractivity contribution in [3.05, 3.63) is 16.1 Å². The van der Waals surface area contributed by atoms with Crippen LogP contribution < -0.4 is 5.32 Å². The Balaban J connectivity index is 2.21. The molecular weight excluding hydrogens is 234 g/mol. The summed E-state index contributed by atoms with van der Waals surface area (Å²) in [6, 6.07) is 0. The number of carbonyl (C=O) groups excluding carboxylic acids is 1. The highest BCUT2D eigenvalue weighted by Gasteiger charge is 2.06. The molecule has 96 valence electrons. The Morgan fingerprint density at radius 3 is 2.71 bits per heavy atom. The van der Waals surface area contributed by atoms with Crippen LogP contribution in [0.5, 0.6) is 0 Å². The largest absolute Gasteiger partial charge is 0.354 e. The van der Waals surface area contributed by atoms with Crippen LogP contribution in [0.25, 0.3) is 0 Å². The molecule has 0 spiro atoms. The van der Waals surface area contributed by atoms with E-state index in [1.165, 1.54) is 0 Å². The van der Waals surface area contributed by atoms with Crippen molar-refractivity contribution in [2.45, 2.75) is 27.2 Å². The molecule has 0 aliphatic heterocycles. The molecule has 0 fully saturated rings. The van der Waals surface area contributed by atoms with E-state index >= 15 is 0 Å². The molecule has 17 heavy (non-hydrogen) atoms. The van der Waals surface area contributed by atoms with Crippen LogP contribution in [0.1, 0.15) is 24.5 Å². The Morgan fingerprint density at radius 2 is 2.18 bits per heavy atom. The first-order chi connectivity index (χ1) is 8.15. The summed E-state index contributed by atoms with van der Waals surface area (Å²) < 4.78 is 0. The van der Waals surface area contributed by atoms with E-state index in [9.17, 15) is 4.79 Å². The molecule has 0 bridgehead atoms. The van der Waals surface area contributed by atoms with E-state index in [0.29, 0.717) is 13.0 Å². The van der Waals surface area contributed by atoms with Crippen molar-refractivity contribution >= 4 is 17.2 Å². The van der Waals surface area contributed by atoms with E-state index in [-0.39, 0.29) is 5.91 Å². The topological polar surface area (TPSA) is 45.2 Å². The van der Waals surface area contributed by atoms with Crippen molar-refractivity contribution in [3.63, 3.8) is 0 Å². The van der Waals surface area contributed by atoms with Gasteiger partial charge in [-0.2, -0.15) is 0 Å². The summed E-state index contributed by atoms with van der Waals surface area (Å²) in [6.07, 6.45) is 0.400. The van der Waals surface area contributed by atoms with Crippen LogP contribution in [0, 0.1) is 6.92 Å². The summed E-state index contributed by atoms with van der Waals surface area (Å²) in [5.41, 5.74) is 0.987. The first kappa shape index (κ1) is 14.1. The van der Waals surface area contributed by atoms with E-state index in [4.69, 9.17) is 0 Å². The van der Waals surface area contributed by atoms with E-state index < -0.39 is 0 Å². The van der Waals surface area contributed by atoms with E-state index in [1.54, 1.807) is 11.3 Å². The predicted octanol–water partition coefficient (Wildman–Crippen LogP) is 1.45. The fraction of sp³-hybridized carbons (Fsp3) is 0.667. The lowest BCUT2D eigenvalue weighted by atomic mass is 10.4. The highest BCUT2D eigenvalue weighted by atomic mass is 32.1. The molecule has 0 aliphatic carbocycles. The number of hydrogen-bond donors (Lipinski definition) is 1. The zero-order chi connectivity index (χ0) is 12.7. The second-order valence-electron chi connectivity index (χ2n) is 3.94. The number of nitrogens with one attached hydrogen (secondary N) is 1. The Labute approximate surface area is 107 Å². The minimum absolute atomic E-state index is 0.0616. The van der Waals surface area contributed by atoms with Gasteiger partial charge in [-0.25, -0.2) is 4.98 Å². The van der Waals surface area contributed by atoms with Gasteiger partial charge in [0.25, 0.3) is 0 Å². The van der Waals surface area contributed by atoms with Crippen molar-refractivity contribution in [2.24, 2.45) is 0 Å². The minimum Gasteiger partial charge on any atom is -0.354 e. The Bertz CT molecular complexity index is 347. The molecule has 0 aromatic carbocycles. The Hall–Kier alpha value is -0.940. The van der Waals surface area contributed by atoms with Gasteiger partial charge in [0.15, 0.2) is 0 Å². The van der Waals surface area contributed by atoms with Gasteiger partial charge in [-0.05, 0) is 20.0 Å². The average molecular weight is 255 g/mol. The number of hydrogen-bond acceptors (Lipinski definition) is 4. The number of amides is 1. The number of likely N-dealkylation sites (N-methyl/N-ethyl adjacent to an activating group) is 1. The number of nitrogens with zero attached hydrogens (tertiary/aromatic N) is 2. The smallest absolute Gasteiger partial charge is 0.226 e. The quantitative estimate of drug-likeness (QED) is 0.802. The molecule has 1 heterocycles. The van der Waals surface area contributed by atoms with Gasteiger partial charge in [0.2, 0.25) is 5.91 Å². The molecule has 1 amide bonds. The Kier molecular flexibility index (Phi) is 6.15. The maximum atomic E-state index is 11.6. The lowest BCUT2D eigenvalue weighted by Crippen LogP contribution is -2.35. The lowest BCUT2D eigenvalue weighted by molar-refractivity contribution is -0.120. The third kappa shape index (κ3) is 5.28. The SMILES string of the molecule is CCN(CC)CCNC(=O)Cc1nc(C)cs1. The van der Waals surface area contributed by atoms with E-state index in [2.05, 4.69) is 29.0 Å². The second kappa shape index (κ2) is 7.40. The predicted molar refractivity (Wildman–Crippen MR) is 71.4 cm³/mol. The molecule has 0 unspecified atom stereocenters. The number of thiazole rings is 1. The van der Waals surface area contributed by atoms with Crippen LogP contribution >= 0.6 is 11.3 Å². The number of rotatable bonds is 7. The van der Waals surface area contributed by atoms with Crippen LogP contribution in [0.15, 0.2) is 5.38 Å². The van der Waals surface area contributed by atoms with Crippen LogP contribution in [0.2, 0.25) is 0 Å². The molecule has 0 atom stereocenters. The molecule has 5 heteroatoms. The minimum atomic E-state index is 0.0616. The fourth-order valence-electron chi connectivity index (χ4n) is 1.58. The van der Waals surface area contributed by atoms with Gasteiger partial charge in [0, 0.05) is 24.2 Å². The van der Waals surface area contributed by atoms with Crippen molar-refractivity contribution in [3.8, 4) is 0 Å². The van der Waals surface area contributed by atoms with Crippen LogP contribution in [0.4, 0.5) is 0 Å². The molecule has 1 N–H and O–H groups in total. The number of aromatic nitrogens is 1. The van der Waals surface area contributed by atoms with Gasteiger partial charge in [-0.1, -0.05) is 13.8 Å². The maximum Gasteiger partial charge on any atom is 0.226 e. The first-order valence-electron chi connectivity index (χ1n) is 6.05. The van der Waals surface area contributed by atoms with Crippen LogP contribution in [0.3, 0.4) is 0 Å². The van der Waals surface area contributed by atoms with Crippen molar-refractivity contribution in [1.82, 2.24) is 15.2 Å². The first-order valence-corrected chi connectivity index (χ1v) is 6.93. The lowest BCUT2D eigenvalue weighted by Gasteiger charge is -2.17. The molecule has 1 aromatic heterocycles. The molecule has 4 nitrogen and oxygen atoms in total. The Morgan fingerprint density at radius 1 is 1.47 bits per heavy atom. The summed E-state index contributed by atoms with van der Waals surface area (Å²) in [7, 11) is 0. The normalized spacial score (nSPS) is 10.8. The summed E-state index contributed by atoms with van der Waals surface area (Å²) in [4.78, 5) is 18.2. The summed E-state index contributed by atoms with van der Waals surface area (Å²) in [5, 5.41) is 5.79. The number of aryl methyl sites for hydroxylation is 1. The molecule has 0 aliphatic rings.